The van der Waals surface area contributed by atoms with E-state index in [9.17, 15) is 4.79 Å². The Kier molecular flexibility index (Phi) is 4.05. The Morgan fingerprint density at radius 1 is 1.52 bits per heavy atom. The molecule has 1 aliphatic rings. The largest absolute Gasteiger partial charge is 0.481 e. The van der Waals surface area contributed by atoms with Crippen LogP contribution >= 0.6 is 11.3 Å². The third-order valence-electron chi connectivity index (χ3n) is 3.95. The molecule has 2 aromatic heterocycles. The van der Waals surface area contributed by atoms with Crippen LogP contribution < -0.4 is 5.32 Å². The smallest absolute Gasteiger partial charge is 0.303 e. The minimum atomic E-state index is -0.758. The molecule has 1 aliphatic carbocycles. The Morgan fingerprint density at radius 2 is 2.38 bits per heavy atom. The predicted molar refractivity (Wildman–Crippen MR) is 84.0 cm³/mol. The highest BCUT2D eigenvalue weighted by Gasteiger charge is 2.22. The number of carboxylic acids is 1. The van der Waals surface area contributed by atoms with Gasteiger partial charge in [0.2, 0.25) is 0 Å². The summed E-state index contributed by atoms with van der Waals surface area (Å²) in [5.74, 6) is 0.842. The molecule has 0 unspecified atom stereocenters. The summed E-state index contributed by atoms with van der Waals surface area (Å²) in [5, 5.41) is 13.1. The van der Waals surface area contributed by atoms with Crippen LogP contribution in [0.15, 0.2) is 6.33 Å². The third-order valence-corrected chi connectivity index (χ3v) is 5.11. The second kappa shape index (κ2) is 5.97. The van der Waals surface area contributed by atoms with Gasteiger partial charge in [-0.05, 0) is 37.2 Å². The Labute approximate surface area is 127 Å². The van der Waals surface area contributed by atoms with E-state index in [4.69, 9.17) is 5.11 Å². The number of carbonyl (C=O) groups is 1. The summed E-state index contributed by atoms with van der Waals surface area (Å²) < 4.78 is 0. The van der Waals surface area contributed by atoms with Gasteiger partial charge >= 0.3 is 5.97 Å². The number of thiophene rings is 1. The highest BCUT2D eigenvalue weighted by atomic mass is 32.1. The van der Waals surface area contributed by atoms with Crippen molar-refractivity contribution in [2.75, 3.05) is 11.9 Å². The molecule has 2 aromatic rings. The SMILES string of the molecule is C[C@@H]1CCc2c(sc3ncnc(NCCCC(=O)O)c23)C1. The predicted octanol–water partition coefficient (Wildman–Crippen LogP) is 3.09. The number of aryl methyl sites for hydroxylation is 1. The van der Waals surface area contributed by atoms with Crippen LogP contribution in [0.3, 0.4) is 0 Å². The summed E-state index contributed by atoms with van der Waals surface area (Å²) >= 11 is 1.78. The lowest BCUT2D eigenvalue weighted by Gasteiger charge is -2.18. The molecule has 0 fully saturated rings. The number of nitrogens with one attached hydrogen (secondary N) is 1. The molecule has 5 nitrogen and oxygen atoms in total. The number of hydrogen-bond donors (Lipinski definition) is 2. The van der Waals surface area contributed by atoms with Crippen LogP contribution in [-0.4, -0.2) is 27.6 Å². The molecule has 21 heavy (non-hydrogen) atoms. The second-order valence-electron chi connectivity index (χ2n) is 5.68. The first-order chi connectivity index (χ1) is 10.1. The van der Waals surface area contributed by atoms with Gasteiger partial charge in [-0.2, -0.15) is 0 Å². The lowest BCUT2D eigenvalue weighted by Crippen LogP contribution is -2.10. The van der Waals surface area contributed by atoms with E-state index in [0.29, 0.717) is 13.0 Å². The summed E-state index contributed by atoms with van der Waals surface area (Å²) in [6.45, 7) is 2.92. The van der Waals surface area contributed by atoms with E-state index in [2.05, 4.69) is 22.2 Å². The molecule has 1 atom stereocenters. The van der Waals surface area contributed by atoms with E-state index >= 15 is 0 Å². The topological polar surface area (TPSA) is 75.1 Å². The Morgan fingerprint density at radius 3 is 3.19 bits per heavy atom. The molecule has 6 heteroatoms. The monoisotopic (exact) mass is 305 g/mol. The molecule has 0 aliphatic heterocycles. The van der Waals surface area contributed by atoms with Gasteiger partial charge in [0.05, 0.1) is 5.39 Å². The lowest BCUT2D eigenvalue weighted by molar-refractivity contribution is -0.137. The van der Waals surface area contributed by atoms with Gasteiger partial charge < -0.3 is 10.4 Å². The fourth-order valence-corrected chi connectivity index (χ4v) is 4.21. The maximum atomic E-state index is 10.6. The molecule has 112 valence electrons. The van der Waals surface area contributed by atoms with Crippen molar-refractivity contribution < 1.29 is 9.90 Å². The van der Waals surface area contributed by atoms with Gasteiger partial charge in [0, 0.05) is 17.8 Å². The molecule has 0 spiro atoms. The standard InChI is InChI=1S/C15H19N3O2S/c1-9-4-5-10-11(7-9)21-15-13(10)14(17-8-18-15)16-6-2-3-12(19)20/h8-9H,2-7H2,1H3,(H,19,20)(H,16,17,18)/t9-/m1/s1. The van der Waals surface area contributed by atoms with Crippen molar-refractivity contribution in [3.63, 3.8) is 0 Å². The van der Waals surface area contributed by atoms with Crippen LogP contribution in [-0.2, 0) is 17.6 Å². The molecule has 0 bridgehead atoms. The van der Waals surface area contributed by atoms with Crippen molar-refractivity contribution in [2.24, 2.45) is 5.92 Å². The summed E-state index contributed by atoms with van der Waals surface area (Å²) in [4.78, 5) is 21.8. The van der Waals surface area contributed by atoms with Crippen LogP contribution in [0.2, 0.25) is 0 Å². The van der Waals surface area contributed by atoms with Gasteiger partial charge in [-0.15, -0.1) is 11.3 Å². The van der Waals surface area contributed by atoms with E-state index in [1.54, 1.807) is 17.7 Å². The fraction of sp³-hybridized carbons (Fsp3) is 0.533. The van der Waals surface area contributed by atoms with Crippen LogP contribution in [0, 0.1) is 5.92 Å². The zero-order chi connectivity index (χ0) is 14.8. The van der Waals surface area contributed by atoms with Gasteiger partial charge in [-0.25, -0.2) is 9.97 Å². The van der Waals surface area contributed by atoms with Crippen LogP contribution in [0.4, 0.5) is 5.82 Å². The highest BCUT2D eigenvalue weighted by Crippen LogP contribution is 2.39. The molecule has 2 heterocycles. The number of fused-ring (bicyclic) bond motifs is 3. The normalized spacial score (nSPS) is 17.7. The number of rotatable bonds is 5. The van der Waals surface area contributed by atoms with Crippen LogP contribution in [0.5, 0.6) is 0 Å². The molecule has 3 rings (SSSR count). The zero-order valence-electron chi connectivity index (χ0n) is 12.1. The molecular formula is C15H19N3O2S. The Balaban J connectivity index is 1.84. The molecule has 2 N–H and O–H groups in total. The van der Waals surface area contributed by atoms with E-state index in [0.717, 1.165) is 34.8 Å². The van der Waals surface area contributed by atoms with Gasteiger partial charge in [0.15, 0.2) is 0 Å². The van der Waals surface area contributed by atoms with Crippen LogP contribution in [0.1, 0.15) is 36.6 Å². The third kappa shape index (κ3) is 3.00. The molecule has 0 radical (unpaired) electrons. The molecule has 0 saturated heterocycles. The molecular weight excluding hydrogens is 286 g/mol. The first-order valence-corrected chi connectivity index (χ1v) is 8.17. The zero-order valence-corrected chi connectivity index (χ0v) is 12.9. The van der Waals surface area contributed by atoms with E-state index in [1.165, 1.54) is 16.9 Å². The second-order valence-corrected chi connectivity index (χ2v) is 6.76. The summed E-state index contributed by atoms with van der Waals surface area (Å²) in [7, 11) is 0. The number of anilines is 1. The first-order valence-electron chi connectivity index (χ1n) is 7.36. The lowest BCUT2D eigenvalue weighted by atomic mass is 9.89. The Bertz CT molecular complexity index is 668. The van der Waals surface area contributed by atoms with Crippen molar-refractivity contribution in [2.45, 2.75) is 39.0 Å². The molecule has 0 saturated carbocycles. The first kappa shape index (κ1) is 14.3. The minimum Gasteiger partial charge on any atom is -0.481 e. The van der Waals surface area contributed by atoms with E-state index in [1.807, 2.05) is 0 Å². The van der Waals surface area contributed by atoms with Crippen LogP contribution in [0.25, 0.3) is 10.2 Å². The number of aliphatic carboxylic acids is 1. The quantitative estimate of drug-likeness (QED) is 0.830. The van der Waals surface area contributed by atoms with Gasteiger partial charge in [0.1, 0.15) is 17.0 Å². The summed E-state index contributed by atoms with van der Waals surface area (Å²) in [6.07, 6.45) is 5.81. The van der Waals surface area contributed by atoms with Crippen molar-refractivity contribution in [1.82, 2.24) is 9.97 Å². The maximum Gasteiger partial charge on any atom is 0.303 e. The summed E-state index contributed by atoms with van der Waals surface area (Å²) in [6, 6.07) is 0. The van der Waals surface area contributed by atoms with Gasteiger partial charge in [-0.3, -0.25) is 4.79 Å². The van der Waals surface area contributed by atoms with Crippen molar-refractivity contribution in [1.29, 1.82) is 0 Å². The molecule has 0 aromatic carbocycles. The van der Waals surface area contributed by atoms with Crippen molar-refractivity contribution >= 4 is 33.3 Å². The number of nitrogens with zero attached hydrogens (tertiary/aromatic N) is 2. The fourth-order valence-electron chi connectivity index (χ4n) is 2.86. The average Bonchev–Trinajstić information content (AvgIpc) is 2.81. The average molecular weight is 305 g/mol. The van der Waals surface area contributed by atoms with Gasteiger partial charge in [0.25, 0.3) is 0 Å². The number of hydrogen-bond acceptors (Lipinski definition) is 5. The molecule has 0 amide bonds. The number of aromatic nitrogens is 2. The highest BCUT2D eigenvalue weighted by molar-refractivity contribution is 7.19. The van der Waals surface area contributed by atoms with Gasteiger partial charge in [-0.1, -0.05) is 6.92 Å². The number of carboxylic acid groups (broad SMARTS) is 1. The van der Waals surface area contributed by atoms with E-state index < -0.39 is 5.97 Å². The summed E-state index contributed by atoms with van der Waals surface area (Å²) in [5.41, 5.74) is 1.40. The van der Waals surface area contributed by atoms with Crippen molar-refractivity contribution in [3.8, 4) is 0 Å². The maximum absolute atomic E-state index is 10.6. The minimum absolute atomic E-state index is 0.181. The van der Waals surface area contributed by atoms with E-state index in [-0.39, 0.29) is 6.42 Å². The van der Waals surface area contributed by atoms with Crippen molar-refractivity contribution in [3.05, 3.63) is 16.8 Å². The Hall–Kier alpha value is -1.69.